The van der Waals surface area contributed by atoms with Gasteiger partial charge in [0.1, 0.15) is 5.75 Å². The summed E-state index contributed by atoms with van der Waals surface area (Å²) < 4.78 is 30.8. The van der Waals surface area contributed by atoms with Crippen molar-refractivity contribution in [3.05, 3.63) is 58.9 Å². The van der Waals surface area contributed by atoms with E-state index in [4.69, 9.17) is 12.2 Å². The van der Waals surface area contributed by atoms with Crippen LogP contribution in [0.15, 0.2) is 36.4 Å². The van der Waals surface area contributed by atoms with Gasteiger partial charge in [-0.2, -0.15) is 8.78 Å². The van der Waals surface area contributed by atoms with Crippen molar-refractivity contribution in [1.82, 2.24) is 14.8 Å². The second-order valence-electron chi connectivity index (χ2n) is 7.67. The fourth-order valence-electron chi connectivity index (χ4n) is 3.61. The van der Waals surface area contributed by atoms with Gasteiger partial charge < -0.3 is 9.64 Å². The van der Waals surface area contributed by atoms with Crippen LogP contribution >= 0.6 is 12.2 Å². The van der Waals surface area contributed by atoms with E-state index in [1.165, 1.54) is 5.56 Å². The molecule has 3 rings (SSSR count). The summed E-state index contributed by atoms with van der Waals surface area (Å²) in [4.78, 5) is 10.0. The van der Waals surface area contributed by atoms with Crippen molar-refractivity contribution in [2.24, 2.45) is 0 Å². The fourth-order valence-corrected chi connectivity index (χ4v) is 3.94. The van der Waals surface area contributed by atoms with Gasteiger partial charge in [0, 0.05) is 57.5 Å². The van der Waals surface area contributed by atoms with Crippen LogP contribution in [0.25, 0.3) is 0 Å². The highest BCUT2D eigenvalue weighted by Crippen LogP contribution is 2.22. The van der Waals surface area contributed by atoms with Gasteiger partial charge in [-0.3, -0.25) is 9.88 Å². The quantitative estimate of drug-likeness (QED) is 0.648. The molecule has 0 radical (unpaired) electrons. The molecule has 0 spiro atoms. The van der Waals surface area contributed by atoms with Gasteiger partial charge in [0.25, 0.3) is 0 Å². The van der Waals surface area contributed by atoms with Crippen molar-refractivity contribution in [1.29, 1.82) is 0 Å². The smallest absolute Gasteiger partial charge is 0.394 e. The SMILES string of the molecule is Cc1cc(C)nc(CC(=S)N2CCN(Cc3cccc(OC(C)(F)F)c3)CC2)c1. The molecule has 156 valence electrons. The van der Waals surface area contributed by atoms with Crippen LogP contribution in [0.2, 0.25) is 0 Å². The van der Waals surface area contributed by atoms with Gasteiger partial charge in [0.2, 0.25) is 0 Å². The largest absolute Gasteiger partial charge is 0.433 e. The molecule has 2 heterocycles. The standard InChI is InChI=1S/C22H27F2N3OS/c1-16-11-17(2)25-19(12-16)14-21(29)27-9-7-26(8-10-27)15-18-5-4-6-20(13-18)28-22(3,23)24/h4-6,11-13H,7-10,14-15H2,1-3H3. The number of ether oxygens (including phenoxy) is 1. The summed E-state index contributed by atoms with van der Waals surface area (Å²) in [6, 6.07) is 11.1. The van der Waals surface area contributed by atoms with E-state index in [0.29, 0.717) is 13.0 Å². The third-order valence-corrected chi connectivity index (χ3v) is 5.21. The predicted octanol–water partition coefficient (Wildman–Crippen LogP) is 4.38. The highest BCUT2D eigenvalue weighted by molar-refractivity contribution is 7.80. The number of halogens is 2. The Morgan fingerprint density at radius 3 is 2.52 bits per heavy atom. The van der Waals surface area contributed by atoms with Crippen LogP contribution < -0.4 is 4.74 Å². The molecule has 0 atom stereocenters. The van der Waals surface area contributed by atoms with Gasteiger partial charge in [0.05, 0.1) is 4.99 Å². The van der Waals surface area contributed by atoms with E-state index in [2.05, 4.69) is 38.6 Å². The maximum absolute atomic E-state index is 13.1. The first-order valence-corrected chi connectivity index (χ1v) is 10.2. The second kappa shape index (κ2) is 9.13. The number of alkyl halides is 2. The lowest BCUT2D eigenvalue weighted by Gasteiger charge is -2.36. The molecule has 2 aromatic rings. The van der Waals surface area contributed by atoms with Crippen LogP contribution in [-0.2, 0) is 13.0 Å². The maximum atomic E-state index is 13.1. The van der Waals surface area contributed by atoms with Crippen LogP contribution in [0, 0.1) is 13.8 Å². The lowest BCUT2D eigenvalue weighted by atomic mass is 10.1. The predicted molar refractivity (Wildman–Crippen MR) is 115 cm³/mol. The Balaban J connectivity index is 1.51. The lowest BCUT2D eigenvalue weighted by molar-refractivity contribution is -0.159. The number of benzene rings is 1. The van der Waals surface area contributed by atoms with Crippen LogP contribution in [-0.4, -0.2) is 52.1 Å². The minimum atomic E-state index is -3.18. The second-order valence-corrected chi connectivity index (χ2v) is 8.14. The van der Waals surface area contributed by atoms with Gasteiger partial charge in [-0.15, -0.1) is 0 Å². The van der Waals surface area contributed by atoms with Gasteiger partial charge in [-0.1, -0.05) is 24.4 Å². The first kappa shape index (κ1) is 21.6. The van der Waals surface area contributed by atoms with Gasteiger partial charge in [-0.25, -0.2) is 0 Å². The van der Waals surface area contributed by atoms with Gasteiger partial charge in [0.15, 0.2) is 0 Å². The summed E-state index contributed by atoms with van der Waals surface area (Å²) in [6.45, 7) is 8.97. The lowest BCUT2D eigenvalue weighted by Crippen LogP contribution is -2.48. The summed E-state index contributed by atoms with van der Waals surface area (Å²) in [6.07, 6.45) is -2.49. The normalized spacial score (nSPS) is 15.4. The summed E-state index contributed by atoms with van der Waals surface area (Å²) >= 11 is 5.66. The number of rotatable bonds is 6. The summed E-state index contributed by atoms with van der Waals surface area (Å²) in [5.74, 6) is 0.191. The van der Waals surface area contributed by atoms with Crippen molar-refractivity contribution in [3.8, 4) is 5.75 Å². The molecule has 1 aromatic carbocycles. The number of hydrogen-bond acceptors (Lipinski definition) is 4. The van der Waals surface area contributed by atoms with E-state index in [0.717, 1.165) is 55.0 Å². The molecule has 1 fully saturated rings. The summed E-state index contributed by atoms with van der Waals surface area (Å²) in [5, 5.41) is 0. The Morgan fingerprint density at radius 1 is 1.14 bits per heavy atom. The molecule has 4 nitrogen and oxygen atoms in total. The Kier molecular flexibility index (Phi) is 6.80. The molecule has 1 aliphatic rings. The number of aromatic nitrogens is 1. The fraction of sp³-hybridized carbons (Fsp3) is 0.455. The molecular weight excluding hydrogens is 392 g/mol. The van der Waals surface area contributed by atoms with E-state index in [-0.39, 0.29) is 5.75 Å². The molecule has 1 saturated heterocycles. The van der Waals surface area contributed by atoms with Gasteiger partial charge >= 0.3 is 6.11 Å². The monoisotopic (exact) mass is 419 g/mol. The van der Waals surface area contributed by atoms with Crippen molar-refractivity contribution < 1.29 is 13.5 Å². The van der Waals surface area contributed by atoms with Crippen LogP contribution in [0.3, 0.4) is 0 Å². The van der Waals surface area contributed by atoms with E-state index < -0.39 is 6.11 Å². The van der Waals surface area contributed by atoms with E-state index in [1.54, 1.807) is 18.2 Å². The molecule has 7 heteroatoms. The number of piperazine rings is 1. The zero-order valence-corrected chi connectivity index (χ0v) is 17.9. The van der Waals surface area contributed by atoms with Crippen molar-refractivity contribution in [2.45, 2.75) is 39.8 Å². The Morgan fingerprint density at radius 2 is 1.86 bits per heavy atom. The Hall–Kier alpha value is -2.12. The van der Waals surface area contributed by atoms with E-state index in [1.807, 2.05) is 13.0 Å². The third-order valence-electron chi connectivity index (χ3n) is 4.81. The minimum absolute atomic E-state index is 0.191. The molecule has 0 N–H and O–H groups in total. The summed E-state index contributed by atoms with van der Waals surface area (Å²) in [5.41, 5.74) is 4.19. The molecular formula is C22H27F2N3OS. The molecule has 0 bridgehead atoms. The number of thiocarbonyl (C=S) groups is 1. The first-order valence-electron chi connectivity index (χ1n) is 9.78. The minimum Gasteiger partial charge on any atom is -0.433 e. The number of pyridine rings is 1. The van der Waals surface area contributed by atoms with Crippen LogP contribution in [0.4, 0.5) is 8.78 Å². The zero-order valence-electron chi connectivity index (χ0n) is 17.1. The first-order chi connectivity index (χ1) is 13.7. The van der Waals surface area contributed by atoms with E-state index >= 15 is 0 Å². The highest BCUT2D eigenvalue weighted by atomic mass is 32.1. The molecule has 1 aliphatic heterocycles. The van der Waals surface area contributed by atoms with E-state index in [9.17, 15) is 8.78 Å². The van der Waals surface area contributed by atoms with Crippen LogP contribution in [0.1, 0.15) is 29.4 Å². The average Bonchev–Trinajstić information content (AvgIpc) is 2.60. The molecule has 0 saturated carbocycles. The van der Waals surface area contributed by atoms with Crippen molar-refractivity contribution in [3.63, 3.8) is 0 Å². The summed E-state index contributed by atoms with van der Waals surface area (Å²) in [7, 11) is 0. The zero-order chi connectivity index (χ0) is 21.0. The molecule has 0 amide bonds. The molecule has 29 heavy (non-hydrogen) atoms. The maximum Gasteiger partial charge on any atom is 0.394 e. The molecule has 0 unspecified atom stereocenters. The molecule has 1 aromatic heterocycles. The average molecular weight is 420 g/mol. The number of aryl methyl sites for hydroxylation is 2. The topological polar surface area (TPSA) is 28.6 Å². The third kappa shape index (κ3) is 6.72. The number of hydrogen-bond donors (Lipinski definition) is 0. The van der Waals surface area contributed by atoms with Gasteiger partial charge in [-0.05, 0) is 49.2 Å². The Bertz CT molecular complexity index is 841. The number of nitrogens with zero attached hydrogens (tertiary/aromatic N) is 3. The highest BCUT2D eigenvalue weighted by Gasteiger charge is 2.23. The van der Waals surface area contributed by atoms with Crippen molar-refractivity contribution in [2.75, 3.05) is 26.2 Å². The van der Waals surface area contributed by atoms with Crippen LogP contribution in [0.5, 0.6) is 5.75 Å². The van der Waals surface area contributed by atoms with Crippen molar-refractivity contribution >= 4 is 17.2 Å². The Labute approximate surface area is 176 Å². The molecule has 0 aliphatic carbocycles.